The SMILES string of the molecule is CCC1(C)NCN(C2CCCC2C)C1=O. The third-order valence-corrected chi connectivity index (χ3v) is 4.30. The first-order valence-corrected chi connectivity index (χ1v) is 6.14. The van der Waals surface area contributed by atoms with E-state index < -0.39 is 0 Å². The minimum absolute atomic E-state index is 0.303. The van der Waals surface area contributed by atoms with E-state index in [9.17, 15) is 4.79 Å². The molecule has 15 heavy (non-hydrogen) atoms. The van der Waals surface area contributed by atoms with Gasteiger partial charge in [-0.25, -0.2) is 0 Å². The Labute approximate surface area is 92.2 Å². The van der Waals surface area contributed by atoms with Crippen molar-refractivity contribution in [3.8, 4) is 0 Å². The molecule has 0 radical (unpaired) electrons. The van der Waals surface area contributed by atoms with E-state index in [0.717, 1.165) is 13.1 Å². The highest BCUT2D eigenvalue weighted by molar-refractivity contribution is 5.88. The topological polar surface area (TPSA) is 32.3 Å². The van der Waals surface area contributed by atoms with Gasteiger partial charge in [0.25, 0.3) is 0 Å². The predicted molar refractivity (Wildman–Crippen MR) is 60.3 cm³/mol. The maximum absolute atomic E-state index is 12.3. The molecule has 0 bridgehead atoms. The molecule has 1 aliphatic carbocycles. The van der Waals surface area contributed by atoms with Gasteiger partial charge < -0.3 is 4.90 Å². The zero-order valence-electron chi connectivity index (χ0n) is 10.0. The van der Waals surface area contributed by atoms with Crippen LogP contribution in [0.25, 0.3) is 0 Å². The van der Waals surface area contributed by atoms with E-state index in [1.54, 1.807) is 0 Å². The standard InChI is InChI=1S/C12H22N2O/c1-4-12(3)11(15)14(8-13-12)10-7-5-6-9(10)2/h9-10,13H,4-8H2,1-3H3. The molecule has 86 valence electrons. The molecule has 3 atom stereocenters. The van der Waals surface area contributed by atoms with Crippen LogP contribution in [0.15, 0.2) is 0 Å². The lowest BCUT2D eigenvalue weighted by Crippen LogP contribution is -2.45. The Kier molecular flexibility index (Phi) is 2.75. The van der Waals surface area contributed by atoms with Crippen molar-refractivity contribution in [1.29, 1.82) is 0 Å². The Morgan fingerprint density at radius 2 is 2.27 bits per heavy atom. The number of carbonyl (C=O) groups is 1. The molecule has 3 nitrogen and oxygen atoms in total. The zero-order chi connectivity index (χ0) is 11.1. The first-order valence-electron chi connectivity index (χ1n) is 6.14. The summed E-state index contributed by atoms with van der Waals surface area (Å²) in [5, 5.41) is 3.36. The highest BCUT2D eigenvalue weighted by Crippen LogP contribution is 2.33. The van der Waals surface area contributed by atoms with Crippen molar-refractivity contribution in [1.82, 2.24) is 10.2 Å². The van der Waals surface area contributed by atoms with E-state index in [2.05, 4.69) is 24.1 Å². The van der Waals surface area contributed by atoms with E-state index in [0.29, 0.717) is 17.9 Å². The Morgan fingerprint density at radius 1 is 1.53 bits per heavy atom. The van der Waals surface area contributed by atoms with Crippen molar-refractivity contribution in [2.24, 2.45) is 5.92 Å². The lowest BCUT2D eigenvalue weighted by atomic mass is 9.97. The first-order chi connectivity index (χ1) is 7.08. The lowest BCUT2D eigenvalue weighted by molar-refractivity contribution is -0.134. The Hall–Kier alpha value is -0.570. The second kappa shape index (κ2) is 3.78. The third-order valence-electron chi connectivity index (χ3n) is 4.30. The van der Waals surface area contributed by atoms with Crippen LogP contribution in [-0.2, 0) is 4.79 Å². The molecule has 0 aromatic heterocycles. The molecule has 1 saturated carbocycles. The molecule has 2 aliphatic rings. The quantitative estimate of drug-likeness (QED) is 0.753. The van der Waals surface area contributed by atoms with E-state index >= 15 is 0 Å². The lowest BCUT2D eigenvalue weighted by Gasteiger charge is -2.28. The van der Waals surface area contributed by atoms with Gasteiger partial charge in [0.2, 0.25) is 5.91 Å². The maximum atomic E-state index is 12.3. The zero-order valence-corrected chi connectivity index (χ0v) is 10.0. The molecule has 1 aliphatic heterocycles. The average Bonchev–Trinajstić information content (AvgIpc) is 2.75. The summed E-state index contributed by atoms with van der Waals surface area (Å²) >= 11 is 0. The minimum atomic E-state index is -0.303. The van der Waals surface area contributed by atoms with Gasteiger partial charge in [-0.3, -0.25) is 10.1 Å². The molecule has 3 heteroatoms. The molecular formula is C12H22N2O. The summed E-state index contributed by atoms with van der Waals surface area (Å²) in [6.07, 6.45) is 4.62. The second-order valence-electron chi connectivity index (χ2n) is 5.27. The summed E-state index contributed by atoms with van der Waals surface area (Å²) in [5.41, 5.74) is -0.303. The number of amides is 1. The number of hydrogen-bond acceptors (Lipinski definition) is 2. The largest absolute Gasteiger partial charge is 0.325 e. The molecule has 0 spiro atoms. The monoisotopic (exact) mass is 210 g/mol. The minimum Gasteiger partial charge on any atom is -0.325 e. The predicted octanol–water partition coefficient (Wildman–Crippen LogP) is 1.73. The molecule has 0 aromatic carbocycles. The van der Waals surface area contributed by atoms with Crippen LogP contribution in [-0.4, -0.2) is 29.1 Å². The van der Waals surface area contributed by atoms with Gasteiger partial charge >= 0.3 is 0 Å². The molecule has 2 fully saturated rings. The number of nitrogens with zero attached hydrogens (tertiary/aromatic N) is 1. The molecule has 1 heterocycles. The summed E-state index contributed by atoms with van der Waals surface area (Å²) in [5.74, 6) is 0.985. The van der Waals surface area contributed by atoms with Gasteiger partial charge in [0.05, 0.1) is 12.2 Å². The van der Waals surface area contributed by atoms with Crippen molar-refractivity contribution in [3.63, 3.8) is 0 Å². The summed E-state index contributed by atoms with van der Waals surface area (Å²) < 4.78 is 0. The van der Waals surface area contributed by atoms with Gasteiger partial charge in [0, 0.05) is 6.04 Å². The van der Waals surface area contributed by atoms with Gasteiger partial charge in [-0.15, -0.1) is 0 Å². The van der Waals surface area contributed by atoms with Gasteiger partial charge in [-0.1, -0.05) is 20.3 Å². The first kappa shape index (κ1) is 10.9. The van der Waals surface area contributed by atoms with Gasteiger partial charge in [-0.05, 0) is 32.1 Å². The molecular weight excluding hydrogens is 188 g/mol. The van der Waals surface area contributed by atoms with Crippen LogP contribution in [0.2, 0.25) is 0 Å². The number of carbonyl (C=O) groups excluding carboxylic acids is 1. The van der Waals surface area contributed by atoms with E-state index in [1.807, 2.05) is 6.92 Å². The number of rotatable bonds is 2. The summed E-state index contributed by atoms with van der Waals surface area (Å²) in [4.78, 5) is 14.3. The maximum Gasteiger partial charge on any atom is 0.243 e. The number of hydrogen-bond donors (Lipinski definition) is 1. The number of nitrogens with one attached hydrogen (secondary N) is 1. The fourth-order valence-corrected chi connectivity index (χ4v) is 2.86. The summed E-state index contributed by atoms with van der Waals surface area (Å²) in [7, 11) is 0. The van der Waals surface area contributed by atoms with Crippen molar-refractivity contribution in [3.05, 3.63) is 0 Å². The molecule has 3 unspecified atom stereocenters. The van der Waals surface area contributed by atoms with E-state index in [4.69, 9.17) is 0 Å². The fraction of sp³-hybridized carbons (Fsp3) is 0.917. The molecule has 1 N–H and O–H groups in total. The molecule has 2 rings (SSSR count). The smallest absolute Gasteiger partial charge is 0.243 e. The van der Waals surface area contributed by atoms with Crippen LogP contribution < -0.4 is 5.32 Å². The van der Waals surface area contributed by atoms with Crippen LogP contribution in [0.1, 0.15) is 46.5 Å². The fourth-order valence-electron chi connectivity index (χ4n) is 2.86. The van der Waals surface area contributed by atoms with Crippen LogP contribution in [0.3, 0.4) is 0 Å². The third kappa shape index (κ3) is 1.67. The second-order valence-corrected chi connectivity index (χ2v) is 5.27. The molecule has 1 saturated heterocycles. The van der Waals surface area contributed by atoms with Crippen molar-refractivity contribution in [2.45, 2.75) is 58.0 Å². The van der Waals surface area contributed by atoms with Crippen LogP contribution in [0.4, 0.5) is 0 Å². The average molecular weight is 210 g/mol. The molecule has 1 amide bonds. The van der Waals surface area contributed by atoms with E-state index in [1.165, 1.54) is 19.3 Å². The summed E-state index contributed by atoms with van der Waals surface area (Å²) in [6.45, 7) is 7.12. The van der Waals surface area contributed by atoms with Crippen molar-refractivity contribution < 1.29 is 4.79 Å². The van der Waals surface area contributed by atoms with E-state index in [-0.39, 0.29) is 5.54 Å². The van der Waals surface area contributed by atoms with Gasteiger partial charge in [0.1, 0.15) is 0 Å². The van der Waals surface area contributed by atoms with Crippen LogP contribution in [0, 0.1) is 5.92 Å². The Morgan fingerprint density at radius 3 is 2.73 bits per heavy atom. The normalized spacial score (nSPS) is 41.5. The highest BCUT2D eigenvalue weighted by atomic mass is 16.2. The highest BCUT2D eigenvalue weighted by Gasteiger charge is 2.45. The Bertz CT molecular complexity index is 266. The van der Waals surface area contributed by atoms with Gasteiger partial charge in [0.15, 0.2) is 0 Å². The Balaban J connectivity index is 2.10. The van der Waals surface area contributed by atoms with Gasteiger partial charge in [-0.2, -0.15) is 0 Å². The van der Waals surface area contributed by atoms with Crippen LogP contribution >= 0.6 is 0 Å². The molecule has 0 aromatic rings. The summed E-state index contributed by atoms with van der Waals surface area (Å²) in [6, 6.07) is 0.485. The van der Waals surface area contributed by atoms with Crippen molar-refractivity contribution >= 4 is 5.91 Å². The van der Waals surface area contributed by atoms with Crippen molar-refractivity contribution in [2.75, 3.05) is 6.67 Å². The van der Waals surface area contributed by atoms with Crippen LogP contribution in [0.5, 0.6) is 0 Å².